The fraction of sp³-hybridized carbons (Fsp3) is 0.769. The van der Waals surface area contributed by atoms with Gasteiger partial charge in [0, 0.05) is 58.1 Å². The first-order valence-electron chi connectivity index (χ1n) is 13.8. The van der Waals surface area contributed by atoms with E-state index in [9.17, 15) is 14.4 Å². The first kappa shape index (κ1) is 26.1. The average Bonchev–Trinajstić information content (AvgIpc) is 3.36. The van der Waals surface area contributed by atoms with Crippen LogP contribution in [0.25, 0.3) is 0 Å². The van der Waals surface area contributed by atoms with Gasteiger partial charge in [0.25, 0.3) is 0 Å². The number of hydrogen-bond acceptors (Lipinski definition) is 7. The van der Waals surface area contributed by atoms with E-state index in [0.29, 0.717) is 32.1 Å². The molecule has 11 heteroatoms. The highest BCUT2D eigenvalue weighted by atomic mass is 16.2. The Morgan fingerprint density at radius 2 is 1.68 bits per heavy atom. The van der Waals surface area contributed by atoms with Crippen molar-refractivity contribution in [1.29, 1.82) is 0 Å². The van der Waals surface area contributed by atoms with Crippen molar-refractivity contribution < 1.29 is 9.59 Å². The predicted molar refractivity (Wildman–Crippen MR) is 141 cm³/mol. The van der Waals surface area contributed by atoms with Gasteiger partial charge in [-0.05, 0) is 75.8 Å². The SMILES string of the molecule is CC(C)(N)C(=O)N1CCN(C(=O)Nc2ccn(C3CCC(CN4CC5C(CN)[C@@H]5C4)CC3)c(=O)n2)CC1. The Kier molecular flexibility index (Phi) is 7.30. The van der Waals surface area contributed by atoms with Crippen LogP contribution in [0.3, 0.4) is 0 Å². The molecule has 3 amide bonds. The third-order valence-corrected chi connectivity index (χ3v) is 8.92. The van der Waals surface area contributed by atoms with E-state index in [1.54, 1.807) is 40.5 Å². The molecule has 5 rings (SSSR count). The van der Waals surface area contributed by atoms with Gasteiger partial charge in [0.15, 0.2) is 0 Å². The molecular weight excluding hydrogens is 472 g/mol. The van der Waals surface area contributed by atoms with E-state index in [0.717, 1.165) is 50.0 Å². The molecule has 3 heterocycles. The van der Waals surface area contributed by atoms with Gasteiger partial charge in [-0.15, -0.1) is 0 Å². The summed E-state index contributed by atoms with van der Waals surface area (Å²) in [5, 5.41) is 2.74. The van der Waals surface area contributed by atoms with Gasteiger partial charge < -0.3 is 26.2 Å². The number of carbonyl (C=O) groups excluding carboxylic acids is 2. The molecule has 37 heavy (non-hydrogen) atoms. The molecule has 5 N–H and O–H groups in total. The van der Waals surface area contributed by atoms with Crippen molar-refractivity contribution >= 4 is 17.8 Å². The van der Waals surface area contributed by atoms with Crippen LogP contribution in [0, 0.1) is 23.7 Å². The Balaban J connectivity index is 1.07. The average molecular weight is 515 g/mol. The quantitative estimate of drug-likeness (QED) is 0.502. The van der Waals surface area contributed by atoms with Crippen molar-refractivity contribution in [2.24, 2.45) is 35.1 Å². The van der Waals surface area contributed by atoms with E-state index in [4.69, 9.17) is 11.5 Å². The Morgan fingerprint density at radius 3 is 2.24 bits per heavy atom. The number of carbonyl (C=O) groups is 2. The minimum absolute atomic E-state index is 0.125. The number of rotatable bonds is 6. The van der Waals surface area contributed by atoms with Crippen LogP contribution in [0.15, 0.2) is 17.1 Å². The van der Waals surface area contributed by atoms with Gasteiger partial charge in [0.2, 0.25) is 5.91 Å². The number of aromatic nitrogens is 2. The van der Waals surface area contributed by atoms with E-state index < -0.39 is 5.54 Å². The summed E-state index contributed by atoms with van der Waals surface area (Å²) in [7, 11) is 0. The predicted octanol–water partition coefficient (Wildman–Crippen LogP) is 0.525. The lowest BCUT2D eigenvalue weighted by Crippen LogP contribution is -2.58. The van der Waals surface area contributed by atoms with Gasteiger partial charge in [-0.2, -0.15) is 4.98 Å². The van der Waals surface area contributed by atoms with Crippen LogP contribution in [0.2, 0.25) is 0 Å². The molecule has 4 fully saturated rings. The monoisotopic (exact) mass is 514 g/mol. The zero-order chi connectivity index (χ0) is 26.3. The molecule has 4 aliphatic rings. The summed E-state index contributed by atoms with van der Waals surface area (Å²) in [5.41, 5.74) is 10.5. The highest BCUT2D eigenvalue weighted by Crippen LogP contribution is 2.51. The van der Waals surface area contributed by atoms with E-state index in [2.05, 4.69) is 15.2 Å². The highest BCUT2D eigenvalue weighted by molar-refractivity contribution is 5.89. The van der Waals surface area contributed by atoms with Gasteiger partial charge in [-0.25, -0.2) is 9.59 Å². The minimum atomic E-state index is -0.930. The fourth-order valence-electron chi connectivity index (χ4n) is 6.68. The maximum atomic E-state index is 12.8. The third-order valence-electron chi connectivity index (χ3n) is 8.92. The van der Waals surface area contributed by atoms with E-state index in [-0.39, 0.29) is 29.5 Å². The van der Waals surface area contributed by atoms with E-state index in [1.165, 1.54) is 19.6 Å². The normalized spacial score (nSPS) is 30.2. The number of nitrogens with two attached hydrogens (primary N) is 2. The maximum absolute atomic E-state index is 12.8. The first-order valence-corrected chi connectivity index (χ1v) is 13.8. The number of piperidine rings is 1. The van der Waals surface area contributed by atoms with E-state index >= 15 is 0 Å². The molecule has 2 saturated heterocycles. The molecule has 2 aliphatic carbocycles. The standard InChI is InChI=1S/C26H42N8O3/c1-26(2,28)23(35)32-9-11-33(12-10-32)24(36)29-22-7-8-34(25(37)30-22)18-5-3-17(4-6-18)14-31-15-20-19(13-27)21(20)16-31/h7-8,17-21H,3-6,9-16,27-28H2,1-2H3,(H,29,30,36,37)/t17?,18?,19?,20-,21?/m0/s1. The number of hydrogen-bond donors (Lipinski definition) is 3. The molecule has 1 aromatic heterocycles. The summed E-state index contributed by atoms with van der Waals surface area (Å²) in [4.78, 5) is 47.9. The molecule has 0 bridgehead atoms. The van der Waals surface area contributed by atoms with Crippen molar-refractivity contribution in [3.8, 4) is 0 Å². The Morgan fingerprint density at radius 1 is 1.05 bits per heavy atom. The number of fused-ring (bicyclic) bond motifs is 1. The molecule has 204 valence electrons. The molecule has 3 atom stereocenters. The summed E-state index contributed by atoms with van der Waals surface area (Å²) in [6, 6.07) is 1.54. The zero-order valence-corrected chi connectivity index (χ0v) is 22.1. The summed E-state index contributed by atoms with van der Waals surface area (Å²) in [6.45, 7) is 9.46. The van der Waals surface area contributed by atoms with Gasteiger partial charge in [0.05, 0.1) is 5.54 Å². The number of urea groups is 1. The summed E-state index contributed by atoms with van der Waals surface area (Å²) >= 11 is 0. The maximum Gasteiger partial charge on any atom is 0.349 e. The minimum Gasteiger partial charge on any atom is -0.338 e. The van der Waals surface area contributed by atoms with Crippen molar-refractivity contribution in [1.82, 2.24) is 24.3 Å². The van der Waals surface area contributed by atoms with Crippen molar-refractivity contribution in [2.45, 2.75) is 51.1 Å². The molecule has 2 aliphatic heterocycles. The molecule has 0 aromatic carbocycles. The lowest BCUT2D eigenvalue weighted by atomic mass is 9.85. The number of piperazine rings is 1. The van der Waals surface area contributed by atoms with Crippen molar-refractivity contribution in [3.63, 3.8) is 0 Å². The lowest BCUT2D eigenvalue weighted by Gasteiger charge is -2.37. The smallest absolute Gasteiger partial charge is 0.338 e. The molecular formula is C26H42N8O3. The molecule has 0 spiro atoms. The van der Waals surface area contributed by atoms with Gasteiger partial charge in [-0.1, -0.05) is 0 Å². The van der Waals surface area contributed by atoms with Crippen LogP contribution in [-0.2, 0) is 4.79 Å². The van der Waals surface area contributed by atoms with Crippen LogP contribution in [0.1, 0.15) is 45.6 Å². The van der Waals surface area contributed by atoms with Crippen LogP contribution in [-0.4, -0.2) is 94.1 Å². The van der Waals surface area contributed by atoms with E-state index in [1.807, 2.05) is 0 Å². The third kappa shape index (κ3) is 5.68. The Labute approximate surface area is 218 Å². The topological polar surface area (TPSA) is 143 Å². The summed E-state index contributed by atoms with van der Waals surface area (Å²) in [5.74, 6) is 3.26. The number of nitrogens with zero attached hydrogens (tertiary/aromatic N) is 5. The number of nitrogens with one attached hydrogen (secondary N) is 1. The second-order valence-electron chi connectivity index (χ2n) is 12.1. The first-order chi connectivity index (χ1) is 17.6. The highest BCUT2D eigenvalue weighted by Gasteiger charge is 2.54. The molecule has 2 unspecified atom stereocenters. The second kappa shape index (κ2) is 10.3. The molecule has 0 radical (unpaired) electrons. The van der Waals surface area contributed by atoms with Crippen LogP contribution in [0.5, 0.6) is 0 Å². The van der Waals surface area contributed by atoms with Crippen LogP contribution >= 0.6 is 0 Å². The molecule has 1 aromatic rings. The zero-order valence-electron chi connectivity index (χ0n) is 22.1. The van der Waals surface area contributed by atoms with Crippen molar-refractivity contribution in [3.05, 3.63) is 22.7 Å². The Bertz CT molecular complexity index is 1040. The van der Waals surface area contributed by atoms with Gasteiger partial charge >= 0.3 is 11.7 Å². The summed E-state index contributed by atoms with van der Waals surface area (Å²) < 4.78 is 1.72. The van der Waals surface area contributed by atoms with Gasteiger partial charge in [0.1, 0.15) is 5.82 Å². The molecule has 11 nitrogen and oxygen atoms in total. The lowest BCUT2D eigenvalue weighted by molar-refractivity contribution is -0.137. The Hall–Kier alpha value is -2.50. The van der Waals surface area contributed by atoms with Crippen LogP contribution in [0.4, 0.5) is 10.6 Å². The number of likely N-dealkylation sites (tertiary alicyclic amines) is 1. The molecule has 2 saturated carbocycles. The number of anilines is 1. The second-order valence-corrected chi connectivity index (χ2v) is 12.1. The van der Waals surface area contributed by atoms with Gasteiger partial charge in [-0.3, -0.25) is 14.7 Å². The van der Waals surface area contributed by atoms with Crippen LogP contribution < -0.4 is 22.5 Å². The number of amides is 3. The largest absolute Gasteiger partial charge is 0.349 e. The fourth-order valence-corrected chi connectivity index (χ4v) is 6.68. The summed E-state index contributed by atoms with van der Waals surface area (Å²) in [6.07, 6.45) is 5.96. The van der Waals surface area contributed by atoms with Crippen molar-refractivity contribution in [2.75, 3.05) is 57.7 Å².